The Morgan fingerprint density at radius 1 is 1.33 bits per heavy atom. The van der Waals surface area contributed by atoms with Crippen LogP contribution in [0.2, 0.25) is 0 Å². The first-order valence-electron chi connectivity index (χ1n) is 7.09. The van der Waals surface area contributed by atoms with E-state index in [2.05, 4.69) is 20.8 Å². The number of hydrogen-bond acceptors (Lipinski definition) is 3. The van der Waals surface area contributed by atoms with E-state index in [1.165, 1.54) is 0 Å². The van der Waals surface area contributed by atoms with Gasteiger partial charge in [0.25, 0.3) is 0 Å². The molecule has 0 saturated carbocycles. The van der Waals surface area contributed by atoms with Crippen molar-refractivity contribution in [2.75, 3.05) is 17.2 Å². The highest BCUT2D eigenvalue weighted by molar-refractivity contribution is 8.01. The van der Waals surface area contributed by atoms with Crippen LogP contribution in [0.3, 0.4) is 0 Å². The maximum absolute atomic E-state index is 12.4. The van der Waals surface area contributed by atoms with Gasteiger partial charge >= 0.3 is 5.97 Å². The predicted octanol–water partition coefficient (Wildman–Crippen LogP) is 3.20. The van der Waals surface area contributed by atoms with Crippen LogP contribution in [0, 0.1) is 0 Å². The maximum atomic E-state index is 12.4. The van der Waals surface area contributed by atoms with Crippen molar-refractivity contribution >= 4 is 29.3 Å². The fourth-order valence-corrected chi connectivity index (χ4v) is 3.15. The minimum Gasteiger partial charge on any atom is -0.478 e. The van der Waals surface area contributed by atoms with E-state index in [-0.39, 0.29) is 10.7 Å². The highest BCUT2D eigenvalue weighted by atomic mass is 32.2. The van der Waals surface area contributed by atoms with Gasteiger partial charge in [0.1, 0.15) is 0 Å². The van der Waals surface area contributed by atoms with Gasteiger partial charge in [0.2, 0.25) is 5.91 Å². The van der Waals surface area contributed by atoms with Gasteiger partial charge in [-0.05, 0) is 30.5 Å². The minimum absolute atomic E-state index is 0.0389. The Bertz CT molecular complexity index is 563. The molecule has 0 spiro atoms. The van der Waals surface area contributed by atoms with Crippen LogP contribution in [0.25, 0.3) is 0 Å². The van der Waals surface area contributed by atoms with Crippen molar-refractivity contribution in [1.82, 2.24) is 0 Å². The van der Waals surface area contributed by atoms with E-state index in [0.717, 1.165) is 17.7 Å². The largest absolute Gasteiger partial charge is 0.478 e. The number of carbonyl (C=O) groups is 2. The molecular weight excluding hydrogens is 286 g/mol. The number of aromatic carboxylic acids is 1. The van der Waals surface area contributed by atoms with Crippen LogP contribution < -0.4 is 4.90 Å². The topological polar surface area (TPSA) is 57.6 Å². The molecule has 0 saturated heterocycles. The Kier molecular flexibility index (Phi) is 4.61. The number of carbonyl (C=O) groups excluding carboxylic acids is 1. The van der Waals surface area contributed by atoms with E-state index in [1.54, 1.807) is 28.8 Å². The Morgan fingerprint density at radius 3 is 2.67 bits per heavy atom. The van der Waals surface area contributed by atoms with Crippen molar-refractivity contribution in [2.24, 2.45) is 0 Å². The number of rotatable bonds is 3. The smallest absolute Gasteiger partial charge is 0.336 e. The number of hydrogen-bond donors (Lipinski definition) is 1. The zero-order valence-electron chi connectivity index (χ0n) is 12.7. The van der Waals surface area contributed by atoms with Crippen LogP contribution in [0.5, 0.6) is 0 Å². The normalized spacial score (nSPS) is 14.7. The lowest BCUT2D eigenvalue weighted by Gasteiger charge is -2.31. The molecule has 0 aliphatic carbocycles. The van der Waals surface area contributed by atoms with E-state index in [0.29, 0.717) is 24.3 Å². The summed E-state index contributed by atoms with van der Waals surface area (Å²) in [5, 5.41) is 9.27. The van der Waals surface area contributed by atoms with Gasteiger partial charge in [-0.1, -0.05) is 26.8 Å². The molecule has 4 nitrogen and oxygen atoms in total. The zero-order valence-corrected chi connectivity index (χ0v) is 13.5. The number of benzene rings is 1. The van der Waals surface area contributed by atoms with Crippen LogP contribution in [-0.4, -0.2) is 34.0 Å². The lowest BCUT2D eigenvalue weighted by atomic mass is 9.96. The molecule has 1 aromatic carbocycles. The van der Waals surface area contributed by atoms with Gasteiger partial charge < -0.3 is 10.0 Å². The van der Waals surface area contributed by atoms with Crippen LogP contribution in [-0.2, 0) is 11.2 Å². The van der Waals surface area contributed by atoms with E-state index >= 15 is 0 Å². The summed E-state index contributed by atoms with van der Waals surface area (Å²) < 4.78 is 0.0389. The number of amides is 1. The number of nitrogens with zero attached hydrogens (tertiary/aromatic N) is 1. The van der Waals surface area contributed by atoms with Crippen molar-refractivity contribution in [2.45, 2.75) is 38.4 Å². The van der Waals surface area contributed by atoms with Gasteiger partial charge in [-0.3, -0.25) is 4.79 Å². The van der Waals surface area contributed by atoms with Crippen molar-refractivity contribution in [3.63, 3.8) is 0 Å². The maximum Gasteiger partial charge on any atom is 0.336 e. The first-order chi connectivity index (χ1) is 9.79. The molecule has 21 heavy (non-hydrogen) atoms. The molecule has 0 bridgehead atoms. The summed E-state index contributed by atoms with van der Waals surface area (Å²) in [7, 11) is 0. The summed E-state index contributed by atoms with van der Waals surface area (Å²) in [6, 6.07) is 5.17. The summed E-state index contributed by atoms with van der Waals surface area (Å²) in [5.74, 6) is -0.455. The average molecular weight is 307 g/mol. The summed E-state index contributed by atoms with van der Waals surface area (Å²) in [5.41, 5.74) is 1.86. The third-order valence-corrected chi connectivity index (χ3v) is 4.67. The Morgan fingerprint density at radius 2 is 2.05 bits per heavy atom. The molecule has 0 fully saturated rings. The molecular formula is C16H21NO3S. The highest BCUT2D eigenvalue weighted by Crippen LogP contribution is 2.31. The molecule has 0 atom stereocenters. The second-order valence-electron chi connectivity index (χ2n) is 6.16. The molecule has 0 radical (unpaired) electrons. The molecule has 114 valence electrons. The molecule has 1 heterocycles. The van der Waals surface area contributed by atoms with Gasteiger partial charge in [-0.2, -0.15) is 0 Å². The monoisotopic (exact) mass is 307 g/mol. The van der Waals surface area contributed by atoms with Gasteiger partial charge in [0.05, 0.1) is 11.3 Å². The summed E-state index contributed by atoms with van der Waals surface area (Å²) >= 11 is 1.61. The van der Waals surface area contributed by atoms with Crippen LogP contribution in [0.15, 0.2) is 18.2 Å². The SMILES string of the molecule is CC(C)(C)SCC(=O)N1CCCc2c(C(=O)O)cccc21. The van der Waals surface area contributed by atoms with E-state index < -0.39 is 5.97 Å². The standard InChI is InChI=1S/C16H21NO3S/c1-16(2,3)21-10-14(18)17-9-5-7-11-12(15(19)20)6-4-8-13(11)17/h4,6,8H,5,7,9-10H2,1-3H3,(H,19,20). The fourth-order valence-electron chi connectivity index (χ4n) is 2.44. The molecule has 1 N–H and O–H groups in total. The first kappa shape index (κ1) is 15.9. The minimum atomic E-state index is -0.926. The number of thioether (sulfide) groups is 1. The average Bonchev–Trinajstić information content (AvgIpc) is 2.42. The number of carboxylic acids is 1. The molecule has 1 aliphatic rings. The fraction of sp³-hybridized carbons (Fsp3) is 0.500. The lowest BCUT2D eigenvalue weighted by molar-refractivity contribution is -0.116. The van der Waals surface area contributed by atoms with E-state index in [9.17, 15) is 14.7 Å². The summed E-state index contributed by atoms with van der Waals surface area (Å²) in [6.45, 7) is 6.91. The van der Waals surface area contributed by atoms with E-state index in [4.69, 9.17) is 0 Å². The molecule has 0 unspecified atom stereocenters. The van der Waals surface area contributed by atoms with Crippen molar-refractivity contribution < 1.29 is 14.7 Å². The molecule has 2 rings (SSSR count). The number of fused-ring (bicyclic) bond motifs is 1. The predicted molar refractivity (Wildman–Crippen MR) is 86.3 cm³/mol. The van der Waals surface area contributed by atoms with E-state index in [1.807, 2.05) is 6.07 Å². The highest BCUT2D eigenvalue weighted by Gasteiger charge is 2.26. The van der Waals surface area contributed by atoms with Crippen molar-refractivity contribution in [3.05, 3.63) is 29.3 Å². The second-order valence-corrected chi connectivity index (χ2v) is 7.96. The van der Waals surface area contributed by atoms with Gasteiger partial charge in [-0.25, -0.2) is 4.79 Å². The van der Waals surface area contributed by atoms with Gasteiger partial charge in [0, 0.05) is 17.0 Å². The van der Waals surface area contributed by atoms with Gasteiger partial charge in [0.15, 0.2) is 0 Å². The Hall–Kier alpha value is -1.49. The molecule has 1 aromatic rings. The number of carboxylic acid groups (broad SMARTS) is 1. The number of anilines is 1. The van der Waals surface area contributed by atoms with Crippen molar-refractivity contribution in [1.29, 1.82) is 0 Å². The Labute approximate surface area is 129 Å². The summed E-state index contributed by atoms with van der Waals surface area (Å²) in [6.07, 6.45) is 1.53. The lowest BCUT2D eigenvalue weighted by Crippen LogP contribution is -2.37. The third-order valence-electron chi connectivity index (χ3n) is 3.41. The zero-order chi connectivity index (χ0) is 15.6. The second kappa shape index (κ2) is 6.10. The quantitative estimate of drug-likeness (QED) is 0.931. The molecule has 1 amide bonds. The molecule has 5 heteroatoms. The van der Waals surface area contributed by atoms with Gasteiger partial charge in [-0.15, -0.1) is 11.8 Å². The molecule has 1 aliphatic heterocycles. The first-order valence-corrected chi connectivity index (χ1v) is 8.07. The Balaban J connectivity index is 2.24. The van der Waals surface area contributed by atoms with Crippen LogP contribution in [0.1, 0.15) is 43.1 Å². The molecule has 0 aromatic heterocycles. The third kappa shape index (κ3) is 3.79. The van der Waals surface area contributed by atoms with Crippen LogP contribution >= 0.6 is 11.8 Å². The van der Waals surface area contributed by atoms with Crippen LogP contribution in [0.4, 0.5) is 5.69 Å². The van der Waals surface area contributed by atoms with Crippen molar-refractivity contribution in [3.8, 4) is 0 Å². The summed E-state index contributed by atoms with van der Waals surface area (Å²) in [4.78, 5) is 25.5.